The van der Waals surface area contributed by atoms with Gasteiger partial charge in [-0.05, 0) is 37.1 Å². The minimum absolute atomic E-state index is 0.0466. The van der Waals surface area contributed by atoms with Crippen LogP contribution in [0.3, 0.4) is 0 Å². The summed E-state index contributed by atoms with van der Waals surface area (Å²) in [4.78, 5) is 27.7. The molecule has 4 rings (SSSR count). The van der Waals surface area contributed by atoms with Gasteiger partial charge >= 0.3 is 0 Å². The fraction of sp³-hybridized carbons (Fsp3) is 0.238. The zero-order valence-corrected chi connectivity index (χ0v) is 14.9. The molecule has 1 atom stereocenters. The fourth-order valence-corrected chi connectivity index (χ4v) is 3.33. The molecule has 1 aliphatic rings. The third-order valence-electron chi connectivity index (χ3n) is 4.63. The van der Waals surface area contributed by atoms with E-state index in [4.69, 9.17) is 4.74 Å². The lowest BCUT2D eigenvalue weighted by Gasteiger charge is -2.32. The fourth-order valence-electron chi connectivity index (χ4n) is 3.33. The number of benzene rings is 1. The molecule has 27 heavy (non-hydrogen) atoms. The van der Waals surface area contributed by atoms with Crippen LogP contribution in [0.1, 0.15) is 34.9 Å². The van der Waals surface area contributed by atoms with Crippen LogP contribution in [-0.4, -0.2) is 38.8 Å². The number of hydrogen-bond acceptors (Lipinski definition) is 5. The summed E-state index contributed by atoms with van der Waals surface area (Å²) in [7, 11) is 0. The van der Waals surface area contributed by atoms with Gasteiger partial charge in [-0.2, -0.15) is 0 Å². The number of ether oxygens (including phenoxy) is 1. The molecule has 1 unspecified atom stereocenters. The van der Waals surface area contributed by atoms with Crippen molar-refractivity contribution < 1.29 is 9.53 Å². The highest BCUT2D eigenvalue weighted by Crippen LogP contribution is 2.32. The van der Waals surface area contributed by atoms with Crippen molar-refractivity contribution in [3.05, 3.63) is 78.5 Å². The van der Waals surface area contributed by atoms with Gasteiger partial charge in [-0.1, -0.05) is 24.3 Å². The molecule has 136 valence electrons. The molecule has 1 fully saturated rings. The van der Waals surface area contributed by atoms with Crippen LogP contribution in [0.15, 0.2) is 67.1 Å². The van der Waals surface area contributed by atoms with Crippen molar-refractivity contribution in [1.29, 1.82) is 0 Å². The van der Waals surface area contributed by atoms with Gasteiger partial charge in [-0.3, -0.25) is 14.8 Å². The van der Waals surface area contributed by atoms with Gasteiger partial charge in [0.2, 0.25) is 5.88 Å². The van der Waals surface area contributed by atoms with Gasteiger partial charge in [0.25, 0.3) is 5.91 Å². The lowest BCUT2D eigenvalue weighted by molar-refractivity contribution is 0.0699. The third-order valence-corrected chi connectivity index (χ3v) is 4.63. The molecular weight excluding hydrogens is 340 g/mol. The summed E-state index contributed by atoms with van der Waals surface area (Å²) in [6.07, 6.45) is 6.79. The van der Waals surface area contributed by atoms with Crippen molar-refractivity contribution in [3.63, 3.8) is 0 Å². The van der Waals surface area contributed by atoms with E-state index in [1.165, 1.54) is 0 Å². The number of carbonyl (C=O) groups excluding carboxylic acids is 1. The Balaban J connectivity index is 1.54. The Kier molecular flexibility index (Phi) is 5.05. The normalized spacial score (nSPS) is 16.7. The number of pyridine rings is 1. The molecule has 1 saturated heterocycles. The van der Waals surface area contributed by atoms with Crippen molar-refractivity contribution in [3.8, 4) is 11.6 Å². The average molecular weight is 360 g/mol. The lowest BCUT2D eigenvalue weighted by atomic mass is 9.94. The monoisotopic (exact) mass is 360 g/mol. The van der Waals surface area contributed by atoms with Gasteiger partial charge in [0.15, 0.2) is 0 Å². The Hall–Kier alpha value is -3.28. The molecule has 0 N–H and O–H groups in total. The number of para-hydroxylation sites is 1. The Morgan fingerprint density at radius 2 is 1.78 bits per heavy atom. The largest absolute Gasteiger partial charge is 0.437 e. The van der Waals surface area contributed by atoms with E-state index in [9.17, 15) is 4.79 Å². The summed E-state index contributed by atoms with van der Waals surface area (Å²) in [5.41, 5.74) is 1.26. The van der Waals surface area contributed by atoms with Gasteiger partial charge in [0.1, 0.15) is 17.1 Å². The first-order valence-corrected chi connectivity index (χ1v) is 9.05. The maximum atomic E-state index is 12.7. The Morgan fingerprint density at radius 3 is 2.59 bits per heavy atom. The van der Waals surface area contributed by atoms with E-state index in [-0.39, 0.29) is 11.8 Å². The maximum Gasteiger partial charge on any atom is 0.272 e. The molecule has 3 heterocycles. The Bertz CT molecular complexity index is 902. The first kappa shape index (κ1) is 17.1. The molecule has 0 saturated carbocycles. The summed E-state index contributed by atoms with van der Waals surface area (Å²) in [5.74, 6) is 1.26. The van der Waals surface area contributed by atoms with E-state index in [1.54, 1.807) is 24.7 Å². The molecule has 0 spiro atoms. The standard InChI is InChI=1S/C21H20N4O2/c26-21(18-10-4-5-11-22-18)25-14-6-7-16(15-25)19-20(24-13-12-23-19)27-17-8-2-1-3-9-17/h1-5,8-13,16H,6-7,14-15H2. The number of nitrogens with zero attached hydrogens (tertiary/aromatic N) is 4. The van der Waals surface area contributed by atoms with Crippen LogP contribution in [0.4, 0.5) is 0 Å². The average Bonchev–Trinajstić information content (AvgIpc) is 2.75. The number of likely N-dealkylation sites (tertiary alicyclic amines) is 1. The van der Waals surface area contributed by atoms with Crippen LogP contribution in [-0.2, 0) is 0 Å². The molecule has 0 aliphatic carbocycles. The number of aromatic nitrogens is 3. The summed E-state index contributed by atoms with van der Waals surface area (Å²) in [6, 6.07) is 14.9. The smallest absolute Gasteiger partial charge is 0.272 e. The van der Waals surface area contributed by atoms with E-state index in [0.717, 1.165) is 30.8 Å². The van der Waals surface area contributed by atoms with Crippen LogP contribution in [0.25, 0.3) is 0 Å². The molecule has 0 radical (unpaired) electrons. The minimum Gasteiger partial charge on any atom is -0.437 e. The lowest BCUT2D eigenvalue weighted by Crippen LogP contribution is -2.39. The van der Waals surface area contributed by atoms with Crippen LogP contribution < -0.4 is 4.74 Å². The Morgan fingerprint density at radius 1 is 0.963 bits per heavy atom. The van der Waals surface area contributed by atoms with Gasteiger partial charge < -0.3 is 9.64 Å². The molecular formula is C21H20N4O2. The van der Waals surface area contributed by atoms with Gasteiger partial charge in [0.05, 0.1) is 0 Å². The van der Waals surface area contributed by atoms with Crippen molar-refractivity contribution in [2.24, 2.45) is 0 Å². The van der Waals surface area contributed by atoms with Gasteiger partial charge in [-0.15, -0.1) is 0 Å². The van der Waals surface area contributed by atoms with E-state index in [0.29, 0.717) is 18.1 Å². The zero-order chi connectivity index (χ0) is 18.5. The molecule has 6 nitrogen and oxygen atoms in total. The highest BCUT2D eigenvalue weighted by atomic mass is 16.5. The van der Waals surface area contributed by atoms with Crippen molar-refractivity contribution >= 4 is 5.91 Å². The van der Waals surface area contributed by atoms with Crippen LogP contribution in [0.5, 0.6) is 11.6 Å². The predicted octanol–water partition coefficient (Wildman–Crippen LogP) is 3.68. The SMILES string of the molecule is O=C(c1ccccn1)N1CCCC(c2nccnc2Oc2ccccc2)C1. The van der Waals surface area contributed by atoms with E-state index < -0.39 is 0 Å². The highest BCUT2D eigenvalue weighted by molar-refractivity contribution is 5.92. The quantitative estimate of drug-likeness (QED) is 0.710. The van der Waals surface area contributed by atoms with Crippen molar-refractivity contribution in [2.75, 3.05) is 13.1 Å². The molecule has 3 aromatic rings. The highest BCUT2D eigenvalue weighted by Gasteiger charge is 2.29. The van der Waals surface area contributed by atoms with Crippen molar-refractivity contribution in [1.82, 2.24) is 19.9 Å². The molecule has 1 aliphatic heterocycles. The van der Waals surface area contributed by atoms with Crippen LogP contribution in [0, 0.1) is 0 Å². The second kappa shape index (κ2) is 7.95. The minimum atomic E-state index is -0.0466. The molecule has 2 aromatic heterocycles. The van der Waals surface area contributed by atoms with E-state index in [2.05, 4.69) is 15.0 Å². The van der Waals surface area contributed by atoms with Crippen LogP contribution >= 0.6 is 0 Å². The third kappa shape index (κ3) is 3.95. The topological polar surface area (TPSA) is 68.2 Å². The number of hydrogen-bond donors (Lipinski definition) is 0. The molecule has 6 heteroatoms. The number of piperidine rings is 1. The maximum absolute atomic E-state index is 12.7. The van der Waals surface area contributed by atoms with E-state index >= 15 is 0 Å². The second-order valence-corrected chi connectivity index (χ2v) is 6.47. The van der Waals surface area contributed by atoms with Gasteiger partial charge in [-0.25, -0.2) is 4.98 Å². The first-order valence-electron chi connectivity index (χ1n) is 9.05. The number of rotatable bonds is 4. The van der Waals surface area contributed by atoms with Crippen molar-refractivity contribution in [2.45, 2.75) is 18.8 Å². The summed E-state index contributed by atoms with van der Waals surface area (Å²) < 4.78 is 5.95. The molecule has 1 aromatic carbocycles. The van der Waals surface area contributed by atoms with E-state index in [1.807, 2.05) is 47.4 Å². The zero-order valence-electron chi connectivity index (χ0n) is 14.9. The van der Waals surface area contributed by atoms with Gasteiger partial charge in [0, 0.05) is 37.6 Å². The summed E-state index contributed by atoms with van der Waals surface area (Å²) in [6.45, 7) is 1.31. The van der Waals surface area contributed by atoms with Crippen LogP contribution in [0.2, 0.25) is 0 Å². The number of amides is 1. The summed E-state index contributed by atoms with van der Waals surface area (Å²) in [5, 5.41) is 0. The molecule has 1 amide bonds. The number of carbonyl (C=O) groups is 1. The Labute approximate surface area is 157 Å². The predicted molar refractivity (Wildman–Crippen MR) is 101 cm³/mol. The molecule has 0 bridgehead atoms. The first-order chi connectivity index (χ1) is 13.3. The summed E-state index contributed by atoms with van der Waals surface area (Å²) >= 11 is 0. The second-order valence-electron chi connectivity index (χ2n) is 6.47.